The zero-order valence-corrected chi connectivity index (χ0v) is 11.5. The summed E-state index contributed by atoms with van der Waals surface area (Å²) in [6.07, 6.45) is 2.66. The zero-order valence-electron chi connectivity index (χ0n) is 10.7. The van der Waals surface area contributed by atoms with Crippen LogP contribution in [0.1, 0.15) is 27.2 Å². The summed E-state index contributed by atoms with van der Waals surface area (Å²) in [5, 5.41) is 5.92. The Morgan fingerprint density at radius 2 is 1.88 bits per heavy atom. The molecule has 96 valence electrons. The summed E-state index contributed by atoms with van der Waals surface area (Å²) in [6.45, 7) is 7.42. The highest BCUT2D eigenvalue weighted by molar-refractivity contribution is 7.84. The Balaban J connectivity index is 3.61. The third-order valence-corrected chi connectivity index (χ3v) is 3.03. The molecule has 0 rings (SSSR count). The van der Waals surface area contributed by atoms with E-state index in [-0.39, 0.29) is 11.9 Å². The first kappa shape index (κ1) is 15.6. The van der Waals surface area contributed by atoms with Crippen molar-refractivity contribution in [1.29, 1.82) is 0 Å². The Labute approximate surface area is 101 Å². The molecule has 0 aliphatic carbocycles. The molecule has 0 saturated heterocycles. The fourth-order valence-electron chi connectivity index (χ4n) is 1.15. The average molecular weight is 248 g/mol. The van der Waals surface area contributed by atoms with Gasteiger partial charge in [0.25, 0.3) is 0 Å². The van der Waals surface area contributed by atoms with Crippen molar-refractivity contribution in [2.75, 3.05) is 25.1 Å². The highest BCUT2D eigenvalue weighted by Gasteiger charge is 2.11. The van der Waals surface area contributed by atoms with E-state index in [9.17, 15) is 9.00 Å². The van der Waals surface area contributed by atoms with Gasteiger partial charge in [0.15, 0.2) is 0 Å². The predicted molar refractivity (Wildman–Crippen MR) is 68.9 cm³/mol. The zero-order chi connectivity index (χ0) is 12.6. The molecule has 0 radical (unpaired) electrons. The van der Waals surface area contributed by atoms with Gasteiger partial charge in [-0.15, -0.1) is 0 Å². The van der Waals surface area contributed by atoms with Crippen molar-refractivity contribution >= 4 is 16.7 Å². The normalized spacial score (nSPS) is 14.8. The van der Waals surface area contributed by atoms with Crippen molar-refractivity contribution in [3.05, 3.63) is 0 Å². The molecular weight excluding hydrogens is 224 g/mol. The predicted octanol–water partition coefficient (Wildman–Crippen LogP) is 0.505. The van der Waals surface area contributed by atoms with Crippen molar-refractivity contribution in [2.45, 2.75) is 33.2 Å². The number of rotatable bonds is 8. The van der Waals surface area contributed by atoms with E-state index < -0.39 is 10.8 Å². The molecule has 0 aromatic rings. The lowest BCUT2D eigenvalue weighted by atomic mass is 10.1. The third-order valence-electron chi connectivity index (χ3n) is 2.25. The van der Waals surface area contributed by atoms with Crippen LogP contribution in [-0.4, -0.2) is 41.3 Å². The molecule has 0 spiro atoms. The van der Waals surface area contributed by atoms with E-state index in [1.165, 1.54) is 0 Å². The van der Waals surface area contributed by atoms with Crippen LogP contribution in [0.5, 0.6) is 0 Å². The van der Waals surface area contributed by atoms with Crippen LogP contribution < -0.4 is 10.6 Å². The molecular formula is C11H24N2O2S. The number of carbonyl (C=O) groups is 1. The molecule has 2 N–H and O–H groups in total. The number of carbonyl (C=O) groups excluding carboxylic acids is 1. The van der Waals surface area contributed by atoms with Crippen LogP contribution >= 0.6 is 0 Å². The minimum absolute atomic E-state index is 0.0162. The van der Waals surface area contributed by atoms with Crippen molar-refractivity contribution in [3.8, 4) is 0 Å². The Bertz CT molecular complexity index is 232. The minimum Gasteiger partial charge on any atom is -0.355 e. The molecule has 5 heteroatoms. The summed E-state index contributed by atoms with van der Waals surface area (Å²) in [5.74, 6) is 1.21. The third kappa shape index (κ3) is 8.85. The maximum absolute atomic E-state index is 11.6. The number of hydrogen-bond donors (Lipinski definition) is 2. The highest BCUT2D eigenvalue weighted by atomic mass is 32.2. The van der Waals surface area contributed by atoms with E-state index in [0.717, 1.165) is 13.0 Å². The molecule has 0 aliphatic heterocycles. The van der Waals surface area contributed by atoms with Crippen LogP contribution in [0.4, 0.5) is 0 Å². The lowest BCUT2D eigenvalue weighted by Crippen LogP contribution is -2.43. The van der Waals surface area contributed by atoms with E-state index in [1.54, 1.807) is 6.26 Å². The molecule has 2 atom stereocenters. The first-order valence-electron chi connectivity index (χ1n) is 5.74. The second-order valence-electron chi connectivity index (χ2n) is 4.43. The van der Waals surface area contributed by atoms with Crippen LogP contribution in [0, 0.1) is 5.92 Å². The molecule has 2 unspecified atom stereocenters. The van der Waals surface area contributed by atoms with Gasteiger partial charge in [-0.3, -0.25) is 9.00 Å². The largest absolute Gasteiger partial charge is 0.355 e. The fourth-order valence-corrected chi connectivity index (χ4v) is 1.55. The van der Waals surface area contributed by atoms with Crippen LogP contribution in [0.2, 0.25) is 0 Å². The topological polar surface area (TPSA) is 58.2 Å². The Kier molecular flexibility index (Phi) is 8.47. The summed E-state index contributed by atoms with van der Waals surface area (Å²) in [5.41, 5.74) is 0. The molecule has 1 amide bonds. The van der Waals surface area contributed by atoms with Gasteiger partial charge in [-0.2, -0.15) is 0 Å². The Morgan fingerprint density at radius 1 is 1.25 bits per heavy atom. The molecule has 0 aromatic carbocycles. The molecule has 0 aliphatic rings. The lowest BCUT2D eigenvalue weighted by Gasteiger charge is -2.14. The molecule has 4 nitrogen and oxygen atoms in total. The van der Waals surface area contributed by atoms with Gasteiger partial charge in [0, 0.05) is 35.9 Å². The summed E-state index contributed by atoms with van der Waals surface area (Å²) in [7, 11) is -0.801. The Hall–Kier alpha value is -0.420. The fraction of sp³-hybridized carbons (Fsp3) is 0.909. The summed E-state index contributed by atoms with van der Waals surface area (Å²) in [6, 6.07) is -0.212. The average Bonchev–Trinajstić information content (AvgIpc) is 2.16. The van der Waals surface area contributed by atoms with Gasteiger partial charge >= 0.3 is 0 Å². The van der Waals surface area contributed by atoms with Gasteiger partial charge in [-0.25, -0.2) is 0 Å². The number of hydrogen-bond acceptors (Lipinski definition) is 3. The van der Waals surface area contributed by atoms with Crippen LogP contribution in [0.15, 0.2) is 0 Å². The van der Waals surface area contributed by atoms with E-state index in [0.29, 0.717) is 18.2 Å². The van der Waals surface area contributed by atoms with Gasteiger partial charge < -0.3 is 10.6 Å². The van der Waals surface area contributed by atoms with Crippen LogP contribution in [-0.2, 0) is 15.6 Å². The van der Waals surface area contributed by atoms with Gasteiger partial charge in [-0.1, -0.05) is 13.8 Å². The Morgan fingerprint density at radius 3 is 2.38 bits per heavy atom. The van der Waals surface area contributed by atoms with Crippen LogP contribution in [0.3, 0.4) is 0 Å². The van der Waals surface area contributed by atoms with Crippen molar-refractivity contribution < 1.29 is 9.00 Å². The molecule has 0 saturated carbocycles. The summed E-state index contributed by atoms with van der Waals surface area (Å²) >= 11 is 0. The van der Waals surface area contributed by atoms with Gasteiger partial charge in [0.1, 0.15) is 0 Å². The second-order valence-corrected chi connectivity index (χ2v) is 5.98. The van der Waals surface area contributed by atoms with E-state index >= 15 is 0 Å². The highest BCUT2D eigenvalue weighted by Crippen LogP contribution is 1.96. The van der Waals surface area contributed by atoms with Crippen molar-refractivity contribution in [2.24, 2.45) is 5.92 Å². The van der Waals surface area contributed by atoms with E-state index in [1.807, 2.05) is 6.92 Å². The second kappa shape index (κ2) is 8.70. The SMILES string of the molecule is CC(C)CCNC(=O)C(C)NCCS(C)=O. The first-order chi connectivity index (χ1) is 7.43. The molecule has 0 bridgehead atoms. The standard InChI is InChI=1S/C11H24N2O2S/c1-9(2)5-6-13-11(14)10(3)12-7-8-16(4)15/h9-10,12H,5-8H2,1-4H3,(H,13,14). The van der Waals surface area contributed by atoms with Gasteiger partial charge in [-0.05, 0) is 19.3 Å². The number of nitrogens with one attached hydrogen (secondary N) is 2. The van der Waals surface area contributed by atoms with E-state index in [2.05, 4.69) is 24.5 Å². The smallest absolute Gasteiger partial charge is 0.236 e. The van der Waals surface area contributed by atoms with Gasteiger partial charge in [0.2, 0.25) is 5.91 Å². The molecule has 0 heterocycles. The molecule has 16 heavy (non-hydrogen) atoms. The van der Waals surface area contributed by atoms with Crippen LogP contribution in [0.25, 0.3) is 0 Å². The minimum atomic E-state index is -0.801. The number of amides is 1. The molecule has 0 aromatic heterocycles. The first-order valence-corrected chi connectivity index (χ1v) is 7.47. The van der Waals surface area contributed by atoms with Gasteiger partial charge in [0.05, 0.1) is 6.04 Å². The van der Waals surface area contributed by atoms with E-state index in [4.69, 9.17) is 0 Å². The maximum Gasteiger partial charge on any atom is 0.236 e. The molecule has 0 fully saturated rings. The quantitative estimate of drug-likeness (QED) is 0.658. The maximum atomic E-state index is 11.6. The lowest BCUT2D eigenvalue weighted by molar-refractivity contribution is -0.122. The van der Waals surface area contributed by atoms with Crippen molar-refractivity contribution in [1.82, 2.24) is 10.6 Å². The summed E-state index contributed by atoms with van der Waals surface area (Å²) in [4.78, 5) is 11.6. The summed E-state index contributed by atoms with van der Waals surface area (Å²) < 4.78 is 10.8. The monoisotopic (exact) mass is 248 g/mol. The van der Waals surface area contributed by atoms with Crippen molar-refractivity contribution in [3.63, 3.8) is 0 Å².